The van der Waals surface area contributed by atoms with Crippen molar-refractivity contribution in [2.24, 2.45) is 0 Å². The summed E-state index contributed by atoms with van der Waals surface area (Å²) in [6.45, 7) is 0. The van der Waals surface area contributed by atoms with Crippen LogP contribution in [0, 0.1) is 3.57 Å². The monoisotopic (exact) mass is 390 g/mol. The minimum absolute atomic E-state index is 0.00505. The Labute approximate surface area is 127 Å². The third-order valence-electron chi connectivity index (χ3n) is 2.67. The highest BCUT2D eigenvalue weighted by Gasteiger charge is 2.43. The Morgan fingerprint density at radius 1 is 1.05 bits per heavy atom. The average Bonchev–Trinajstić information content (AvgIpc) is 2.66. The predicted octanol–water partition coefficient (Wildman–Crippen LogP) is 3.94. The number of hydrogen-bond donors (Lipinski definition) is 2. The number of nitrogens with two attached hydrogens (primary N) is 1. The van der Waals surface area contributed by atoms with E-state index < -0.39 is 6.29 Å². The lowest BCUT2D eigenvalue weighted by Crippen LogP contribution is -2.25. The van der Waals surface area contributed by atoms with Crippen molar-refractivity contribution in [1.29, 1.82) is 0 Å². The summed E-state index contributed by atoms with van der Waals surface area (Å²) in [5, 5.41) is 3.11. The van der Waals surface area contributed by atoms with Gasteiger partial charge in [0.15, 0.2) is 11.5 Å². The van der Waals surface area contributed by atoms with Gasteiger partial charge in [-0.3, -0.25) is 0 Å². The van der Waals surface area contributed by atoms with Crippen molar-refractivity contribution in [3.8, 4) is 11.5 Å². The molecular weight excluding hydrogens is 381 g/mol. The first kappa shape index (κ1) is 13.2. The van der Waals surface area contributed by atoms with Gasteiger partial charge in [0.25, 0.3) is 0 Å². The molecule has 104 valence electrons. The molecule has 1 heterocycles. The van der Waals surface area contributed by atoms with Gasteiger partial charge in [-0.2, -0.15) is 0 Å². The number of halogens is 3. The Balaban J connectivity index is 1.86. The molecule has 0 aromatic heterocycles. The second-order valence-electron chi connectivity index (χ2n) is 4.19. The van der Waals surface area contributed by atoms with Crippen LogP contribution in [0.1, 0.15) is 0 Å². The van der Waals surface area contributed by atoms with Gasteiger partial charge in [-0.1, -0.05) is 0 Å². The molecule has 7 heteroatoms. The first-order valence-electron chi connectivity index (χ1n) is 5.65. The van der Waals surface area contributed by atoms with Crippen molar-refractivity contribution in [3.05, 3.63) is 40.0 Å². The minimum atomic E-state index is -3.60. The van der Waals surface area contributed by atoms with Crippen molar-refractivity contribution in [3.63, 3.8) is 0 Å². The van der Waals surface area contributed by atoms with Gasteiger partial charge < -0.3 is 20.5 Å². The first-order valence-corrected chi connectivity index (χ1v) is 6.73. The summed E-state index contributed by atoms with van der Waals surface area (Å²) in [6, 6.07) is 9.91. The van der Waals surface area contributed by atoms with Gasteiger partial charge in [-0.05, 0) is 52.9 Å². The molecule has 0 radical (unpaired) electrons. The zero-order valence-corrected chi connectivity index (χ0v) is 12.1. The molecule has 0 spiro atoms. The fourth-order valence-corrected chi connectivity index (χ4v) is 2.49. The molecule has 20 heavy (non-hydrogen) atoms. The maximum absolute atomic E-state index is 12.9. The summed E-state index contributed by atoms with van der Waals surface area (Å²) in [5.74, 6) is 0.0259. The normalized spacial score (nSPS) is 15.2. The van der Waals surface area contributed by atoms with E-state index in [4.69, 9.17) is 5.73 Å². The van der Waals surface area contributed by atoms with Crippen molar-refractivity contribution < 1.29 is 18.3 Å². The fourth-order valence-electron chi connectivity index (χ4n) is 1.81. The summed E-state index contributed by atoms with van der Waals surface area (Å²) in [6.07, 6.45) is -3.60. The largest absolute Gasteiger partial charge is 0.586 e. The lowest BCUT2D eigenvalue weighted by Gasteiger charge is -2.09. The quantitative estimate of drug-likeness (QED) is 0.603. The summed E-state index contributed by atoms with van der Waals surface area (Å²) in [5.41, 5.74) is 7.77. The highest BCUT2D eigenvalue weighted by atomic mass is 127. The first-order chi connectivity index (χ1) is 9.43. The van der Waals surface area contributed by atoms with Gasteiger partial charge >= 0.3 is 6.29 Å². The van der Waals surface area contributed by atoms with E-state index in [0.717, 1.165) is 9.26 Å². The van der Waals surface area contributed by atoms with E-state index in [9.17, 15) is 8.78 Å². The van der Waals surface area contributed by atoms with Crippen molar-refractivity contribution >= 4 is 39.7 Å². The molecule has 3 rings (SSSR count). The van der Waals surface area contributed by atoms with Crippen LogP contribution in [0.25, 0.3) is 0 Å². The number of rotatable bonds is 2. The van der Waals surface area contributed by atoms with E-state index >= 15 is 0 Å². The van der Waals surface area contributed by atoms with E-state index in [2.05, 4.69) is 37.4 Å². The summed E-state index contributed by atoms with van der Waals surface area (Å²) in [7, 11) is 0. The third kappa shape index (κ3) is 2.58. The van der Waals surface area contributed by atoms with E-state index in [1.165, 1.54) is 12.1 Å². The van der Waals surface area contributed by atoms with Crippen LogP contribution in [0.15, 0.2) is 36.4 Å². The standard InChI is InChI=1S/C13H9F2IN2O2/c14-13(15)19-11-4-2-8(6-12(11)20-13)18-10-3-1-7(17)5-9(10)16/h1-6,18H,17H2. The SMILES string of the molecule is Nc1ccc(Nc2ccc3c(c2)OC(F)(F)O3)c(I)c1. The van der Waals surface area contributed by atoms with E-state index in [1.54, 1.807) is 12.1 Å². The molecule has 1 aliphatic rings. The molecule has 4 nitrogen and oxygen atoms in total. The molecule has 0 saturated heterocycles. The van der Waals surface area contributed by atoms with Crippen LogP contribution >= 0.6 is 22.6 Å². The van der Waals surface area contributed by atoms with Crippen LogP contribution in [0.3, 0.4) is 0 Å². The molecule has 1 aliphatic heterocycles. The maximum atomic E-state index is 12.9. The maximum Gasteiger partial charge on any atom is 0.586 e. The van der Waals surface area contributed by atoms with Crippen LogP contribution in [0.2, 0.25) is 0 Å². The van der Waals surface area contributed by atoms with Gasteiger partial charge in [0.2, 0.25) is 0 Å². The van der Waals surface area contributed by atoms with Crippen molar-refractivity contribution in [2.45, 2.75) is 6.29 Å². The Kier molecular flexibility index (Phi) is 3.08. The summed E-state index contributed by atoms with van der Waals surface area (Å²) >= 11 is 2.14. The number of benzene rings is 2. The van der Waals surface area contributed by atoms with Gasteiger partial charge in [0.05, 0.1) is 5.69 Å². The predicted molar refractivity (Wildman–Crippen MR) is 79.5 cm³/mol. The number of fused-ring (bicyclic) bond motifs is 1. The summed E-state index contributed by atoms with van der Waals surface area (Å²) < 4.78 is 35.5. The van der Waals surface area contributed by atoms with Crippen LogP contribution < -0.4 is 20.5 Å². The van der Waals surface area contributed by atoms with Gasteiger partial charge in [-0.15, -0.1) is 8.78 Å². The topological polar surface area (TPSA) is 56.5 Å². The highest BCUT2D eigenvalue weighted by Crippen LogP contribution is 2.42. The third-order valence-corrected chi connectivity index (χ3v) is 3.57. The molecule has 0 aliphatic carbocycles. The molecule has 2 aromatic carbocycles. The number of nitrogen functional groups attached to an aromatic ring is 1. The van der Waals surface area contributed by atoms with Gasteiger partial charge in [0.1, 0.15) is 0 Å². The molecule has 0 unspecified atom stereocenters. The van der Waals surface area contributed by atoms with Crippen LogP contribution in [-0.4, -0.2) is 6.29 Å². The molecule has 0 atom stereocenters. The molecule has 3 N–H and O–H groups in total. The van der Waals surface area contributed by atoms with Crippen molar-refractivity contribution in [2.75, 3.05) is 11.1 Å². The minimum Gasteiger partial charge on any atom is -0.399 e. The van der Waals surface area contributed by atoms with Crippen LogP contribution in [0.5, 0.6) is 11.5 Å². The number of hydrogen-bond acceptors (Lipinski definition) is 4. The van der Waals surface area contributed by atoms with Gasteiger partial charge in [0, 0.05) is 21.0 Å². The van der Waals surface area contributed by atoms with Gasteiger partial charge in [-0.25, -0.2) is 0 Å². The van der Waals surface area contributed by atoms with Crippen LogP contribution in [-0.2, 0) is 0 Å². The Hall–Kier alpha value is -1.77. The van der Waals surface area contributed by atoms with E-state index in [1.807, 2.05) is 12.1 Å². The number of alkyl halides is 2. The molecule has 0 bridgehead atoms. The van der Waals surface area contributed by atoms with Crippen LogP contribution in [0.4, 0.5) is 25.8 Å². The number of ether oxygens (including phenoxy) is 2. The Bertz CT molecular complexity index is 679. The Morgan fingerprint density at radius 3 is 2.55 bits per heavy atom. The second-order valence-corrected chi connectivity index (χ2v) is 5.36. The fraction of sp³-hybridized carbons (Fsp3) is 0.0769. The highest BCUT2D eigenvalue weighted by molar-refractivity contribution is 14.1. The zero-order valence-electron chi connectivity index (χ0n) is 9.99. The van der Waals surface area contributed by atoms with E-state index in [0.29, 0.717) is 11.4 Å². The second kappa shape index (κ2) is 4.65. The lowest BCUT2D eigenvalue weighted by molar-refractivity contribution is -0.286. The molecule has 2 aromatic rings. The molecular formula is C13H9F2IN2O2. The zero-order chi connectivity index (χ0) is 14.3. The average molecular weight is 390 g/mol. The summed E-state index contributed by atoms with van der Waals surface area (Å²) in [4.78, 5) is 0. The number of nitrogens with one attached hydrogen (secondary N) is 1. The van der Waals surface area contributed by atoms with E-state index in [-0.39, 0.29) is 11.5 Å². The number of anilines is 3. The van der Waals surface area contributed by atoms with Crippen molar-refractivity contribution in [1.82, 2.24) is 0 Å². The molecule has 0 amide bonds. The molecule has 0 saturated carbocycles. The molecule has 0 fully saturated rings. The smallest absolute Gasteiger partial charge is 0.399 e. The lowest BCUT2D eigenvalue weighted by atomic mass is 10.2. The Morgan fingerprint density at radius 2 is 1.80 bits per heavy atom.